The summed E-state index contributed by atoms with van der Waals surface area (Å²) in [4.78, 5) is 0. The molecule has 0 aliphatic rings. The number of hydrogen-bond donors (Lipinski definition) is 0. The molecule has 0 N–H and O–H groups in total. The quantitative estimate of drug-likeness (QED) is 0.226. The number of furan rings is 1. The maximum absolute atomic E-state index is 8.13. The van der Waals surface area contributed by atoms with Gasteiger partial charge in [-0.3, -0.25) is 0 Å². The van der Waals surface area contributed by atoms with Gasteiger partial charge < -0.3 is 0 Å². The zero-order valence-electron chi connectivity index (χ0n) is 16.8. The van der Waals surface area contributed by atoms with E-state index < -0.39 is 5.96 Å². The molecule has 0 unspecified atom stereocenters. The van der Waals surface area contributed by atoms with Crippen molar-refractivity contribution in [3.05, 3.63) is 125 Å². The summed E-state index contributed by atoms with van der Waals surface area (Å²) in [6.45, 7) is 0. The standard InChI is InChI=1S/C27H21BrClOP/c28-22-16-17-27-21(18-22)19-23(30-27)20-31(29,24-10-4-1-5-11-24,25-12-6-2-7-13-25)26-14-8-3-9-15-26/h1-19H,20H2. The zero-order chi connectivity index (χ0) is 21.3. The summed E-state index contributed by atoms with van der Waals surface area (Å²) in [7, 11) is 0. The van der Waals surface area contributed by atoms with E-state index in [2.05, 4.69) is 101 Å². The molecule has 0 atom stereocenters. The van der Waals surface area contributed by atoms with Gasteiger partial charge in [-0.05, 0) is 0 Å². The van der Waals surface area contributed by atoms with E-state index in [9.17, 15) is 0 Å². The van der Waals surface area contributed by atoms with E-state index in [1.54, 1.807) is 0 Å². The number of hydrogen-bond acceptors (Lipinski definition) is 1. The minimum atomic E-state index is -3.39. The van der Waals surface area contributed by atoms with Crippen molar-refractivity contribution in [3.63, 3.8) is 0 Å². The molecule has 1 nitrogen and oxygen atoms in total. The fourth-order valence-corrected chi connectivity index (χ4v) is 10.7. The van der Waals surface area contributed by atoms with Gasteiger partial charge in [0.1, 0.15) is 0 Å². The van der Waals surface area contributed by atoms with Gasteiger partial charge in [0.05, 0.1) is 0 Å². The molecule has 5 rings (SSSR count). The first-order valence-electron chi connectivity index (χ1n) is 10.2. The van der Waals surface area contributed by atoms with Gasteiger partial charge in [-0.15, -0.1) is 0 Å². The Morgan fingerprint density at radius 1 is 0.645 bits per heavy atom. The third-order valence-electron chi connectivity index (χ3n) is 5.87. The summed E-state index contributed by atoms with van der Waals surface area (Å²) in [6.07, 6.45) is 0.595. The van der Waals surface area contributed by atoms with Crippen molar-refractivity contribution in [3.8, 4) is 0 Å². The Balaban J connectivity index is 1.83. The van der Waals surface area contributed by atoms with Crippen LogP contribution in [-0.4, -0.2) is 0 Å². The topological polar surface area (TPSA) is 13.1 Å². The second-order valence-corrected chi connectivity index (χ2v) is 15.1. The molecule has 0 bridgehead atoms. The Bertz CT molecular complexity index is 1230. The molecule has 31 heavy (non-hydrogen) atoms. The van der Waals surface area contributed by atoms with Crippen molar-refractivity contribution in [2.75, 3.05) is 0 Å². The van der Waals surface area contributed by atoms with Crippen LogP contribution >= 0.6 is 33.1 Å². The van der Waals surface area contributed by atoms with Crippen LogP contribution in [0.5, 0.6) is 0 Å². The molecule has 0 spiro atoms. The second-order valence-electron chi connectivity index (χ2n) is 7.74. The van der Waals surface area contributed by atoms with E-state index in [4.69, 9.17) is 15.7 Å². The van der Waals surface area contributed by atoms with Crippen LogP contribution in [0.4, 0.5) is 0 Å². The maximum atomic E-state index is 8.13. The second kappa shape index (κ2) is 7.95. The Morgan fingerprint density at radius 3 is 1.61 bits per heavy atom. The molecule has 1 heterocycles. The van der Waals surface area contributed by atoms with Gasteiger partial charge in [0.2, 0.25) is 0 Å². The fraction of sp³-hybridized carbons (Fsp3) is 0.0370. The van der Waals surface area contributed by atoms with Crippen LogP contribution < -0.4 is 15.9 Å². The summed E-state index contributed by atoms with van der Waals surface area (Å²) >= 11 is 11.7. The number of rotatable bonds is 5. The van der Waals surface area contributed by atoms with E-state index in [-0.39, 0.29) is 0 Å². The molecule has 1 aromatic heterocycles. The van der Waals surface area contributed by atoms with Crippen LogP contribution in [0.1, 0.15) is 5.76 Å². The molecule has 5 aromatic rings. The molecule has 0 fully saturated rings. The van der Waals surface area contributed by atoms with Crippen LogP contribution in [0, 0.1) is 0 Å². The van der Waals surface area contributed by atoms with Crippen molar-refractivity contribution in [2.24, 2.45) is 0 Å². The van der Waals surface area contributed by atoms with E-state index in [1.165, 1.54) is 0 Å². The zero-order valence-corrected chi connectivity index (χ0v) is 20.0. The summed E-state index contributed by atoms with van der Waals surface area (Å²) in [5.41, 5.74) is 0.870. The summed E-state index contributed by atoms with van der Waals surface area (Å²) in [5, 5.41) is 4.47. The average Bonchev–Trinajstić information content (AvgIpc) is 3.22. The molecular weight excluding hydrogens is 487 g/mol. The Labute approximate surface area is 195 Å². The molecular formula is C27H21BrClOP. The first-order chi connectivity index (χ1) is 15.1. The predicted octanol–water partition coefficient (Wildman–Crippen LogP) is 7.38. The monoisotopic (exact) mass is 506 g/mol. The molecule has 0 aliphatic heterocycles. The molecule has 0 radical (unpaired) electrons. The predicted molar refractivity (Wildman–Crippen MR) is 139 cm³/mol. The number of benzene rings is 4. The van der Waals surface area contributed by atoms with Crippen LogP contribution in [-0.2, 0) is 6.16 Å². The van der Waals surface area contributed by atoms with Crippen molar-refractivity contribution >= 4 is 60.0 Å². The van der Waals surface area contributed by atoms with Crippen LogP contribution in [0.25, 0.3) is 11.0 Å². The number of halogens is 2. The van der Waals surface area contributed by atoms with Gasteiger partial charge in [-0.2, -0.15) is 0 Å². The average molecular weight is 508 g/mol. The molecule has 0 saturated heterocycles. The van der Waals surface area contributed by atoms with Crippen LogP contribution in [0.3, 0.4) is 0 Å². The van der Waals surface area contributed by atoms with Gasteiger partial charge in [0.15, 0.2) is 0 Å². The Hall–Kier alpha value is -2.38. The fourth-order valence-electron chi connectivity index (χ4n) is 4.38. The van der Waals surface area contributed by atoms with E-state index in [1.807, 2.05) is 30.3 Å². The van der Waals surface area contributed by atoms with Gasteiger partial charge in [0, 0.05) is 0 Å². The Kier molecular flexibility index (Phi) is 5.26. The molecule has 0 amide bonds. The Morgan fingerprint density at radius 2 is 1.13 bits per heavy atom. The SMILES string of the molecule is ClP(Cc1cc2cc(Br)ccc2o1)(c1ccccc1)(c1ccccc1)c1ccccc1. The van der Waals surface area contributed by atoms with Gasteiger partial charge >= 0.3 is 196 Å². The summed E-state index contributed by atoms with van der Waals surface area (Å²) in [6, 6.07) is 39.7. The first-order valence-corrected chi connectivity index (χ1v) is 14.3. The van der Waals surface area contributed by atoms with E-state index >= 15 is 0 Å². The van der Waals surface area contributed by atoms with E-state index in [0.29, 0.717) is 6.16 Å². The molecule has 4 aromatic carbocycles. The van der Waals surface area contributed by atoms with Gasteiger partial charge in [-0.1, -0.05) is 0 Å². The van der Waals surface area contributed by atoms with Crippen LogP contribution in [0.15, 0.2) is 124 Å². The van der Waals surface area contributed by atoms with Crippen molar-refractivity contribution in [2.45, 2.75) is 6.16 Å². The molecule has 0 aliphatic carbocycles. The molecule has 0 saturated carbocycles. The normalized spacial score (nSPS) is 13.0. The molecule has 4 heteroatoms. The van der Waals surface area contributed by atoms with Crippen molar-refractivity contribution in [1.29, 1.82) is 0 Å². The van der Waals surface area contributed by atoms with Gasteiger partial charge in [-0.25, -0.2) is 0 Å². The van der Waals surface area contributed by atoms with Crippen molar-refractivity contribution in [1.82, 2.24) is 0 Å². The van der Waals surface area contributed by atoms with Crippen molar-refractivity contribution < 1.29 is 4.42 Å². The number of fused-ring (bicyclic) bond motifs is 1. The minimum absolute atomic E-state index is 0.595. The third kappa shape index (κ3) is 3.44. The van der Waals surface area contributed by atoms with Gasteiger partial charge in [0.25, 0.3) is 0 Å². The summed E-state index contributed by atoms with van der Waals surface area (Å²) < 4.78 is 7.37. The van der Waals surface area contributed by atoms with E-state index in [0.717, 1.165) is 37.1 Å². The molecule has 154 valence electrons. The van der Waals surface area contributed by atoms with Crippen LogP contribution in [0.2, 0.25) is 0 Å². The summed E-state index contributed by atoms with van der Waals surface area (Å²) in [5.74, 6) is -2.51. The third-order valence-corrected chi connectivity index (χ3v) is 13.5. The first kappa shape index (κ1) is 20.5.